The molecule has 0 saturated heterocycles. The molecule has 0 amide bonds. The summed E-state index contributed by atoms with van der Waals surface area (Å²) in [7, 11) is 0. The number of benzene rings is 8. The van der Waals surface area contributed by atoms with E-state index in [-0.39, 0.29) is 0 Å². The molecule has 8 aromatic carbocycles. The molecule has 8 rings (SSSR count). The maximum atomic E-state index is 8.11. The maximum absolute atomic E-state index is 8.11. The zero-order valence-electron chi connectivity index (χ0n) is 25.4. The van der Waals surface area contributed by atoms with Gasteiger partial charge in [-0.2, -0.15) is 0 Å². The van der Waals surface area contributed by atoms with E-state index in [1.165, 1.54) is 50.0 Å². The molecule has 0 aliphatic carbocycles. The summed E-state index contributed by atoms with van der Waals surface area (Å²) in [5.74, 6) is 0. The normalized spacial score (nSPS) is 11.8. The Labute approximate surface area is 268 Å². The molecule has 0 radical (unpaired) electrons. The minimum atomic E-state index is 0.921. The second kappa shape index (κ2) is 11.5. The van der Waals surface area contributed by atoms with Crippen molar-refractivity contribution in [2.75, 3.05) is 0 Å². The molecule has 0 unspecified atom stereocenters. The van der Waals surface area contributed by atoms with Gasteiger partial charge < -0.3 is 5.41 Å². The Bertz CT molecular complexity index is 2540. The summed E-state index contributed by atoms with van der Waals surface area (Å²) in [4.78, 5) is 0. The molecule has 0 aromatic heterocycles. The monoisotopic (exact) mass is 585 g/mol. The van der Waals surface area contributed by atoms with Crippen LogP contribution in [0.2, 0.25) is 0 Å². The lowest BCUT2D eigenvalue weighted by atomic mass is 9.87. The molecule has 1 nitrogen and oxygen atoms in total. The Hall–Kier alpha value is -6.05. The van der Waals surface area contributed by atoms with E-state index in [1.54, 1.807) is 0 Å². The van der Waals surface area contributed by atoms with E-state index in [1.807, 2.05) is 12.1 Å². The van der Waals surface area contributed by atoms with Crippen LogP contribution in [0.4, 0.5) is 0 Å². The summed E-state index contributed by atoms with van der Waals surface area (Å²) in [6, 6.07) is 56.3. The fourth-order valence-corrected chi connectivity index (χ4v) is 7.02. The Morgan fingerprint density at radius 2 is 0.957 bits per heavy atom. The van der Waals surface area contributed by atoms with Crippen LogP contribution < -0.4 is 10.4 Å². The minimum Gasteiger partial charge on any atom is -0.309 e. The van der Waals surface area contributed by atoms with E-state index < -0.39 is 0 Å². The van der Waals surface area contributed by atoms with Gasteiger partial charge in [-0.1, -0.05) is 152 Å². The third-order valence-corrected chi connectivity index (χ3v) is 9.12. The van der Waals surface area contributed by atoms with Crippen molar-refractivity contribution in [3.05, 3.63) is 168 Å². The fourth-order valence-electron chi connectivity index (χ4n) is 7.02. The number of fused-ring (bicyclic) bond motifs is 4. The SMILES string of the molecule is C=c1c(-c2cccc(-c3cc4ccccc4c4ccccc34)c2)c2ccccc2c(-c2ccc(-c3ccccc3)cc2)/c1=C/C=N. The molecule has 0 bridgehead atoms. The lowest BCUT2D eigenvalue weighted by Crippen LogP contribution is -2.28. The van der Waals surface area contributed by atoms with Crippen molar-refractivity contribution < 1.29 is 0 Å². The van der Waals surface area contributed by atoms with Crippen LogP contribution in [0, 0.1) is 5.41 Å². The lowest BCUT2D eigenvalue weighted by Gasteiger charge is -2.17. The molecular formula is C45H31N. The molecule has 0 heterocycles. The number of rotatable bonds is 5. The van der Waals surface area contributed by atoms with Gasteiger partial charge in [-0.3, -0.25) is 0 Å². The van der Waals surface area contributed by atoms with E-state index in [4.69, 9.17) is 5.41 Å². The highest BCUT2D eigenvalue weighted by atomic mass is 14.3. The first kappa shape index (κ1) is 27.5. The molecule has 1 N–H and O–H groups in total. The first-order chi connectivity index (χ1) is 22.7. The summed E-state index contributed by atoms with van der Waals surface area (Å²) in [6.45, 7) is 4.68. The van der Waals surface area contributed by atoms with Gasteiger partial charge in [0.2, 0.25) is 0 Å². The quantitative estimate of drug-likeness (QED) is 0.153. The van der Waals surface area contributed by atoms with Gasteiger partial charge in [-0.25, -0.2) is 0 Å². The molecule has 46 heavy (non-hydrogen) atoms. The second-order valence-electron chi connectivity index (χ2n) is 11.7. The van der Waals surface area contributed by atoms with Gasteiger partial charge in [0.1, 0.15) is 0 Å². The van der Waals surface area contributed by atoms with Gasteiger partial charge >= 0.3 is 0 Å². The first-order valence-electron chi connectivity index (χ1n) is 15.6. The van der Waals surface area contributed by atoms with Crippen molar-refractivity contribution >= 4 is 51.2 Å². The molecule has 0 atom stereocenters. The highest BCUT2D eigenvalue weighted by molar-refractivity contribution is 6.14. The third-order valence-electron chi connectivity index (χ3n) is 9.12. The van der Waals surface area contributed by atoms with E-state index >= 15 is 0 Å². The summed E-state index contributed by atoms with van der Waals surface area (Å²) in [5.41, 5.74) is 9.17. The maximum Gasteiger partial charge on any atom is 0.0184 e. The summed E-state index contributed by atoms with van der Waals surface area (Å²) in [6.07, 6.45) is 3.27. The minimum absolute atomic E-state index is 0.921. The van der Waals surface area contributed by atoms with Crippen LogP contribution in [0.3, 0.4) is 0 Å². The molecule has 0 fully saturated rings. The smallest absolute Gasteiger partial charge is 0.0184 e. The lowest BCUT2D eigenvalue weighted by molar-refractivity contribution is 1.52. The van der Waals surface area contributed by atoms with Crippen LogP contribution in [0.5, 0.6) is 0 Å². The Morgan fingerprint density at radius 1 is 0.413 bits per heavy atom. The van der Waals surface area contributed by atoms with E-state index in [0.29, 0.717) is 0 Å². The van der Waals surface area contributed by atoms with Crippen LogP contribution >= 0.6 is 0 Å². The van der Waals surface area contributed by atoms with E-state index in [2.05, 4.69) is 158 Å². The molecule has 0 aliphatic heterocycles. The molecule has 0 saturated carbocycles. The average Bonchev–Trinajstić information content (AvgIpc) is 3.12. The van der Waals surface area contributed by atoms with Crippen LogP contribution in [-0.2, 0) is 0 Å². The Morgan fingerprint density at radius 3 is 1.70 bits per heavy atom. The number of hydrogen-bond donors (Lipinski definition) is 1. The van der Waals surface area contributed by atoms with Gasteiger partial charge in [0.05, 0.1) is 0 Å². The van der Waals surface area contributed by atoms with Crippen molar-refractivity contribution in [1.82, 2.24) is 0 Å². The van der Waals surface area contributed by atoms with Gasteiger partial charge in [-0.05, 0) is 105 Å². The Kier molecular flexibility index (Phi) is 6.85. The molecular weight excluding hydrogens is 555 g/mol. The van der Waals surface area contributed by atoms with Gasteiger partial charge in [-0.15, -0.1) is 0 Å². The van der Waals surface area contributed by atoms with Crippen molar-refractivity contribution in [3.8, 4) is 44.5 Å². The number of nitrogens with one attached hydrogen (secondary N) is 1. The standard InChI is InChI=1S/C45H31N/c1-30-37(26-27-46)45(33-24-22-32(23-25-33)31-12-3-2-4-13-31)42-21-10-9-20-41(42)44(30)36-16-11-15-34(28-36)43-29-35-14-5-6-17-38(35)39-18-7-8-19-40(39)43/h2-29,46H,1H2/b37-26+,46-27?. The van der Waals surface area contributed by atoms with Crippen molar-refractivity contribution in [3.63, 3.8) is 0 Å². The highest BCUT2D eigenvalue weighted by Gasteiger charge is 2.15. The molecule has 0 aliphatic rings. The largest absolute Gasteiger partial charge is 0.309 e. The summed E-state index contributed by atoms with van der Waals surface area (Å²) in [5, 5.41) is 17.3. The predicted molar refractivity (Wildman–Crippen MR) is 199 cm³/mol. The first-order valence-corrected chi connectivity index (χ1v) is 15.6. The molecule has 0 spiro atoms. The second-order valence-corrected chi connectivity index (χ2v) is 11.7. The van der Waals surface area contributed by atoms with E-state index in [0.717, 1.165) is 43.5 Å². The van der Waals surface area contributed by atoms with Crippen molar-refractivity contribution in [1.29, 1.82) is 5.41 Å². The highest BCUT2D eigenvalue weighted by Crippen LogP contribution is 2.38. The van der Waals surface area contributed by atoms with Crippen LogP contribution in [0.25, 0.3) is 89.5 Å². The van der Waals surface area contributed by atoms with Crippen LogP contribution in [0.1, 0.15) is 0 Å². The zero-order valence-corrected chi connectivity index (χ0v) is 25.4. The fraction of sp³-hybridized carbons (Fsp3) is 0. The number of hydrogen-bond acceptors (Lipinski definition) is 1. The van der Waals surface area contributed by atoms with Crippen molar-refractivity contribution in [2.45, 2.75) is 0 Å². The third kappa shape index (κ3) is 4.62. The van der Waals surface area contributed by atoms with Gasteiger partial charge in [0.15, 0.2) is 0 Å². The van der Waals surface area contributed by atoms with Crippen molar-refractivity contribution in [2.24, 2.45) is 0 Å². The molecule has 1 heteroatoms. The predicted octanol–water partition coefficient (Wildman–Crippen LogP) is 10.7. The average molecular weight is 586 g/mol. The van der Waals surface area contributed by atoms with Crippen LogP contribution in [0.15, 0.2) is 158 Å². The Balaban J connectivity index is 1.35. The zero-order chi connectivity index (χ0) is 31.0. The molecule has 216 valence electrons. The molecule has 8 aromatic rings. The van der Waals surface area contributed by atoms with Gasteiger partial charge in [0, 0.05) is 6.21 Å². The summed E-state index contributed by atoms with van der Waals surface area (Å²) >= 11 is 0. The topological polar surface area (TPSA) is 23.9 Å². The van der Waals surface area contributed by atoms with Crippen LogP contribution in [-0.4, -0.2) is 6.21 Å². The van der Waals surface area contributed by atoms with Gasteiger partial charge in [0.25, 0.3) is 0 Å². The summed E-state index contributed by atoms with van der Waals surface area (Å²) < 4.78 is 0. The van der Waals surface area contributed by atoms with E-state index in [9.17, 15) is 0 Å².